The molecule has 38 heavy (non-hydrogen) atoms. The van der Waals surface area contributed by atoms with Gasteiger partial charge in [0.25, 0.3) is 0 Å². The molecule has 1 atom stereocenters. The van der Waals surface area contributed by atoms with E-state index in [4.69, 9.17) is 4.98 Å². The summed E-state index contributed by atoms with van der Waals surface area (Å²) in [7, 11) is -3.43. The number of hydrogen-bond acceptors (Lipinski definition) is 8. The molecule has 11 heteroatoms. The molecule has 2 N–H and O–H groups in total. The number of hydrogen-bond donors (Lipinski definition) is 2. The fraction of sp³-hybridized carbons (Fsp3) is 0.444. The molecule has 1 amide bonds. The highest BCUT2D eigenvalue weighted by Crippen LogP contribution is 2.43. The van der Waals surface area contributed by atoms with E-state index in [0.29, 0.717) is 41.5 Å². The van der Waals surface area contributed by atoms with E-state index in [2.05, 4.69) is 32.9 Å². The Morgan fingerprint density at radius 1 is 1.16 bits per heavy atom. The van der Waals surface area contributed by atoms with Crippen LogP contribution in [0.4, 0.5) is 22.5 Å². The first-order valence-electron chi connectivity index (χ1n) is 13.0. The number of sulfonamides is 1. The van der Waals surface area contributed by atoms with Gasteiger partial charge in [-0.15, -0.1) is 0 Å². The predicted octanol–water partition coefficient (Wildman–Crippen LogP) is 4.87. The van der Waals surface area contributed by atoms with E-state index in [1.807, 2.05) is 31.2 Å². The van der Waals surface area contributed by atoms with Crippen molar-refractivity contribution in [1.29, 1.82) is 0 Å². The highest BCUT2D eigenvalue weighted by molar-refractivity contribution is 7.92. The molecule has 0 radical (unpaired) electrons. The summed E-state index contributed by atoms with van der Waals surface area (Å²) < 4.78 is 27.2. The summed E-state index contributed by atoms with van der Waals surface area (Å²) in [6.07, 6.45) is 5.15. The molecular formula is C27H32N6O3S2. The van der Waals surface area contributed by atoms with Crippen molar-refractivity contribution < 1.29 is 13.2 Å². The van der Waals surface area contributed by atoms with Crippen LogP contribution in [0.3, 0.4) is 0 Å². The van der Waals surface area contributed by atoms with Crippen LogP contribution in [0.5, 0.6) is 0 Å². The number of carbonyl (C=O) groups excluding carboxylic acids is 1. The third-order valence-electron chi connectivity index (χ3n) is 7.63. The molecule has 1 saturated carbocycles. The zero-order valence-corrected chi connectivity index (χ0v) is 23.5. The summed E-state index contributed by atoms with van der Waals surface area (Å²) >= 11 is 1.51. The number of thiazole rings is 1. The van der Waals surface area contributed by atoms with Crippen molar-refractivity contribution in [2.75, 3.05) is 27.7 Å². The molecular weight excluding hydrogens is 520 g/mol. The molecule has 3 aromatic rings. The van der Waals surface area contributed by atoms with Gasteiger partial charge in [-0.05, 0) is 80.0 Å². The lowest BCUT2D eigenvalue weighted by Gasteiger charge is -2.23. The van der Waals surface area contributed by atoms with E-state index >= 15 is 0 Å². The predicted molar refractivity (Wildman–Crippen MR) is 151 cm³/mol. The summed E-state index contributed by atoms with van der Waals surface area (Å²) in [4.78, 5) is 26.7. The third-order valence-corrected chi connectivity index (χ3v) is 9.34. The van der Waals surface area contributed by atoms with Crippen LogP contribution in [-0.4, -0.2) is 48.0 Å². The number of rotatable bonds is 8. The molecule has 1 aromatic carbocycles. The van der Waals surface area contributed by atoms with Gasteiger partial charge in [0.05, 0.1) is 22.5 Å². The van der Waals surface area contributed by atoms with E-state index in [-0.39, 0.29) is 5.91 Å². The first-order valence-corrected chi connectivity index (χ1v) is 15.8. The van der Waals surface area contributed by atoms with Crippen molar-refractivity contribution in [3.05, 3.63) is 47.2 Å². The standard InChI is InChI=1S/C27H32N6O3S2/c1-16-26(37-27(28-16)30-23-6-4-7-24(29-23)33-11-5-8-25(33)34)19-12-20-14-32(17(2)18-9-10-18)15-21(20)22(13-19)31-38(3,35)36/h4,6-7,12-13,17-18,31H,5,8-11,14-15H2,1-3H3,(H,28,29,30)/t17-/m0/s1. The Bertz CT molecular complexity index is 1510. The minimum Gasteiger partial charge on any atom is -0.316 e. The number of nitrogens with zero attached hydrogens (tertiary/aromatic N) is 4. The molecule has 9 nitrogen and oxygen atoms in total. The van der Waals surface area contributed by atoms with Crippen molar-refractivity contribution in [3.8, 4) is 10.4 Å². The van der Waals surface area contributed by atoms with Gasteiger partial charge in [-0.1, -0.05) is 17.4 Å². The second-order valence-corrected chi connectivity index (χ2v) is 13.4. The Hall–Kier alpha value is -3.02. The highest BCUT2D eigenvalue weighted by atomic mass is 32.2. The van der Waals surface area contributed by atoms with Crippen LogP contribution in [-0.2, 0) is 27.9 Å². The van der Waals surface area contributed by atoms with Gasteiger partial charge >= 0.3 is 0 Å². The second-order valence-electron chi connectivity index (χ2n) is 10.6. The Morgan fingerprint density at radius 2 is 1.97 bits per heavy atom. The van der Waals surface area contributed by atoms with E-state index in [1.54, 1.807) is 4.90 Å². The van der Waals surface area contributed by atoms with Gasteiger partial charge in [0, 0.05) is 32.1 Å². The lowest BCUT2D eigenvalue weighted by atomic mass is 10.0. The van der Waals surface area contributed by atoms with Crippen LogP contribution < -0.4 is 14.9 Å². The van der Waals surface area contributed by atoms with Gasteiger partial charge in [-0.25, -0.2) is 18.4 Å². The van der Waals surface area contributed by atoms with E-state index in [0.717, 1.165) is 52.7 Å². The number of aryl methyl sites for hydroxylation is 1. The lowest BCUT2D eigenvalue weighted by molar-refractivity contribution is -0.117. The normalized spacial score (nSPS) is 18.6. The molecule has 0 unspecified atom stereocenters. The fourth-order valence-corrected chi connectivity index (χ4v) is 7.03. The summed E-state index contributed by atoms with van der Waals surface area (Å²) in [5, 5.41) is 3.99. The van der Waals surface area contributed by atoms with Gasteiger partial charge in [0.2, 0.25) is 15.9 Å². The topological polar surface area (TPSA) is 108 Å². The van der Waals surface area contributed by atoms with Crippen LogP contribution in [0.1, 0.15) is 49.4 Å². The molecule has 1 aliphatic carbocycles. The fourth-order valence-electron chi connectivity index (χ4n) is 5.49. The Morgan fingerprint density at radius 3 is 2.68 bits per heavy atom. The number of nitrogens with one attached hydrogen (secondary N) is 2. The summed E-state index contributed by atoms with van der Waals surface area (Å²) in [6.45, 7) is 6.49. The van der Waals surface area contributed by atoms with E-state index in [9.17, 15) is 13.2 Å². The SMILES string of the molecule is Cc1nc(Nc2cccc(N3CCCC3=O)n2)sc1-c1cc2c(c(NS(C)(=O)=O)c1)CN([C@@H](C)C1CC1)C2. The number of fused-ring (bicyclic) bond motifs is 1. The number of aromatic nitrogens is 2. The third kappa shape index (κ3) is 5.14. The second kappa shape index (κ2) is 9.62. The highest BCUT2D eigenvalue weighted by Gasteiger charge is 2.35. The zero-order valence-electron chi connectivity index (χ0n) is 21.8. The summed E-state index contributed by atoms with van der Waals surface area (Å²) in [5.74, 6) is 2.11. The zero-order chi connectivity index (χ0) is 26.6. The lowest BCUT2D eigenvalue weighted by Crippen LogP contribution is -2.29. The van der Waals surface area contributed by atoms with Crippen LogP contribution in [0.2, 0.25) is 0 Å². The Kier molecular flexibility index (Phi) is 6.40. The number of carbonyl (C=O) groups is 1. The number of benzene rings is 1. The maximum absolute atomic E-state index is 12.2. The summed E-state index contributed by atoms with van der Waals surface area (Å²) in [5.41, 5.74) is 4.67. The number of amides is 1. The smallest absolute Gasteiger partial charge is 0.229 e. The van der Waals surface area contributed by atoms with Gasteiger partial charge in [-0.3, -0.25) is 19.3 Å². The van der Waals surface area contributed by atoms with E-state index in [1.165, 1.54) is 30.4 Å². The maximum Gasteiger partial charge on any atom is 0.229 e. The Balaban J connectivity index is 1.29. The average molecular weight is 553 g/mol. The average Bonchev–Trinajstić information content (AvgIpc) is 3.29. The van der Waals surface area contributed by atoms with Crippen LogP contribution in [0.25, 0.3) is 10.4 Å². The van der Waals surface area contributed by atoms with Crippen molar-refractivity contribution >= 4 is 49.7 Å². The Labute approximate surface area is 227 Å². The van der Waals surface area contributed by atoms with Gasteiger partial charge in [0.1, 0.15) is 11.6 Å². The van der Waals surface area contributed by atoms with Gasteiger partial charge in [0.15, 0.2) is 5.13 Å². The molecule has 6 rings (SSSR count). The molecule has 2 aliphatic heterocycles. The summed E-state index contributed by atoms with van der Waals surface area (Å²) in [6, 6.07) is 10.2. The van der Waals surface area contributed by atoms with Crippen molar-refractivity contribution in [2.45, 2.75) is 58.7 Å². The van der Waals surface area contributed by atoms with Crippen LogP contribution in [0, 0.1) is 12.8 Å². The number of pyridine rings is 1. The molecule has 200 valence electrons. The molecule has 1 saturated heterocycles. The molecule has 0 bridgehead atoms. The van der Waals surface area contributed by atoms with E-state index < -0.39 is 10.0 Å². The number of anilines is 4. The van der Waals surface area contributed by atoms with Crippen LogP contribution in [0.15, 0.2) is 30.3 Å². The quantitative estimate of drug-likeness (QED) is 0.411. The van der Waals surface area contributed by atoms with Crippen LogP contribution >= 0.6 is 11.3 Å². The molecule has 0 spiro atoms. The monoisotopic (exact) mass is 552 g/mol. The van der Waals surface area contributed by atoms with Crippen molar-refractivity contribution in [2.24, 2.45) is 5.92 Å². The molecule has 3 aliphatic rings. The minimum atomic E-state index is -3.43. The van der Waals surface area contributed by atoms with Gasteiger partial charge < -0.3 is 5.32 Å². The maximum atomic E-state index is 12.2. The largest absolute Gasteiger partial charge is 0.316 e. The molecule has 4 heterocycles. The van der Waals surface area contributed by atoms with Crippen molar-refractivity contribution in [3.63, 3.8) is 0 Å². The van der Waals surface area contributed by atoms with Crippen molar-refractivity contribution in [1.82, 2.24) is 14.9 Å². The first kappa shape index (κ1) is 25.3. The molecule has 2 fully saturated rings. The first-order chi connectivity index (χ1) is 18.1. The minimum absolute atomic E-state index is 0.0993. The van der Waals surface area contributed by atoms with Gasteiger partial charge in [-0.2, -0.15) is 0 Å². The molecule has 2 aromatic heterocycles.